The Labute approximate surface area is 118 Å². The van der Waals surface area contributed by atoms with Gasteiger partial charge in [0.05, 0.1) is 0 Å². The summed E-state index contributed by atoms with van der Waals surface area (Å²) in [6.07, 6.45) is 0.934. The molecule has 0 spiro atoms. The SMILES string of the molecule is CC1(C)CCN(C(=O)NC(C(=O)O)c2ccccc2)C1. The highest BCUT2D eigenvalue weighted by molar-refractivity contribution is 5.83. The maximum Gasteiger partial charge on any atom is 0.330 e. The predicted octanol–water partition coefficient (Wildman–Crippen LogP) is 2.25. The molecule has 1 atom stereocenters. The van der Waals surface area contributed by atoms with Gasteiger partial charge in [-0.2, -0.15) is 0 Å². The lowest BCUT2D eigenvalue weighted by molar-refractivity contribution is -0.139. The smallest absolute Gasteiger partial charge is 0.330 e. The number of carboxylic acid groups (broad SMARTS) is 1. The van der Waals surface area contributed by atoms with Crippen LogP contribution in [0.15, 0.2) is 30.3 Å². The van der Waals surface area contributed by atoms with Gasteiger partial charge in [-0.25, -0.2) is 9.59 Å². The van der Waals surface area contributed by atoms with Crippen LogP contribution in [0.2, 0.25) is 0 Å². The number of amides is 2. The van der Waals surface area contributed by atoms with Crippen LogP contribution in [-0.2, 0) is 4.79 Å². The summed E-state index contributed by atoms with van der Waals surface area (Å²) in [6.45, 7) is 5.53. The maximum absolute atomic E-state index is 12.2. The lowest BCUT2D eigenvalue weighted by Crippen LogP contribution is -2.43. The first-order valence-electron chi connectivity index (χ1n) is 6.72. The number of likely N-dealkylation sites (tertiary alicyclic amines) is 1. The van der Waals surface area contributed by atoms with Crippen LogP contribution in [-0.4, -0.2) is 35.1 Å². The molecule has 1 fully saturated rings. The summed E-state index contributed by atoms with van der Waals surface area (Å²) in [5.74, 6) is -1.05. The van der Waals surface area contributed by atoms with Crippen LogP contribution in [0.5, 0.6) is 0 Å². The Bertz CT molecular complexity index is 499. The third-order valence-corrected chi connectivity index (χ3v) is 3.61. The van der Waals surface area contributed by atoms with E-state index in [4.69, 9.17) is 0 Å². The highest BCUT2D eigenvalue weighted by Crippen LogP contribution is 2.29. The number of urea groups is 1. The van der Waals surface area contributed by atoms with Crippen molar-refractivity contribution in [1.82, 2.24) is 10.2 Å². The van der Waals surface area contributed by atoms with Crippen molar-refractivity contribution in [3.63, 3.8) is 0 Å². The number of hydrogen-bond donors (Lipinski definition) is 2. The molecule has 1 aromatic carbocycles. The fourth-order valence-corrected chi connectivity index (χ4v) is 2.43. The molecule has 2 amide bonds. The number of hydrogen-bond acceptors (Lipinski definition) is 2. The molecule has 20 heavy (non-hydrogen) atoms. The van der Waals surface area contributed by atoms with Crippen molar-refractivity contribution in [1.29, 1.82) is 0 Å². The van der Waals surface area contributed by atoms with Crippen LogP contribution in [0.25, 0.3) is 0 Å². The van der Waals surface area contributed by atoms with Gasteiger partial charge in [-0.15, -0.1) is 0 Å². The summed E-state index contributed by atoms with van der Waals surface area (Å²) in [5, 5.41) is 11.9. The molecule has 2 rings (SSSR count). The Kier molecular flexibility index (Phi) is 3.97. The Balaban J connectivity index is 2.06. The molecule has 1 unspecified atom stereocenters. The van der Waals surface area contributed by atoms with Crippen molar-refractivity contribution in [2.24, 2.45) is 5.41 Å². The number of nitrogens with one attached hydrogen (secondary N) is 1. The zero-order valence-corrected chi connectivity index (χ0v) is 11.8. The molecule has 0 aromatic heterocycles. The average Bonchev–Trinajstić information content (AvgIpc) is 2.77. The average molecular weight is 276 g/mol. The van der Waals surface area contributed by atoms with Crippen molar-refractivity contribution in [2.45, 2.75) is 26.3 Å². The third kappa shape index (κ3) is 3.29. The molecule has 5 nitrogen and oxygen atoms in total. The Morgan fingerprint density at radius 3 is 2.45 bits per heavy atom. The zero-order chi connectivity index (χ0) is 14.8. The molecule has 1 aromatic rings. The second-order valence-corrected chi connectivity index (χ2v) is 5.97. The minimum absolute atomic E-state index is 0.100. The summed E-state index contributed by atoms with van der Waals surface area (Å²) < 4.78 is 0. The van der Waals surface area contributed by atoms with Crippen LogP contribution in [0.4, 0.5) is 4.79 Å². The lowest BCUT2D eigenvalue weighted by atomic mass is 9.93. The fraction of sp³-hybridized carbons (Fsp3) is 0.467. The molecule has 0 aliphatic carbocycles. The fourth-order valence-electron chi connectivity index (χ4n) is 2.43. The first-order chi connectivity index (χ1) is 9.39. The molecular formula is C15H20N2O3. The van der Waals surface area contributed by atoms with Gasteiger partial charge in [0, 0.05) is 13.1 Å². The molecule has 1 aliphatic heterocycles. The summed E-state index contributed by atoms with van der Waals surface area (Å²) in [7, 11) is 0. The number of aliphatic carboxylic acids is 1. The zero-order valence-electron chi connectivity index (χ0n) is 11.8. The molecule has 0 bridgehead atoms. The maximum atomic E-state index is 12.2. The number of rotatable bonds is 3. The Morgan fingerprint density at radius 1 is 1.30 bits per heavy atom. The highest BCUT2D eigenvalue weighted by atomic mass is 16.4. The van der Waals surface area contributed by atoms with Crippen LogP contribution in [0, 0.1) is 5.41 Å². The van der Waals surface area contributed by atoms with Gasteiger partial charge in [0.1, 0.15) is 0 Å². The second kappa shape index (κ2) is 5.53. The molecule has 108 valence electrons. The Hall–Kier alpha value is -2.04. The number of carbonyl (C=O) groups is 2. The highest BCUT2D eigenvalue weighted by Gasteiger charge is 2.33. The van der Waals surface area contributed by atoms with E-state index >= 15 is 0 Å². The van der Waals surface area contributed by atoms with Gasteiger partial charge in [0.2, 0.25) is 0 Å². The number of nitrogens with zero attached hydrogens (tertiary/aromatic N) is 1. The van der Waals surface area contributed by atoms with Gasteiger partial charge in [-0.05, 0) is 17.4 Å². The van der Waals surface area contributed by atoms with Crippen molar-refractivity contribution in [2.75, 3.05) is 13.1 Å². The Morgan fingerprint density at radius 2 is 1.95 bits per heavy atom. The molecule has 2 N–H and O–H groups in total. The van der Waals surface area contributed by atoms with Gasteiger partial charge in [-0.3, -0.25) is 0 Å². The molecule has 5 heteroatoms. The van der Waals surface area contributed by atoms with E-state index in [1.165, 1.54) is 0 Å². The van der Waals surface area contributed by atoms with Crippen molar-refractivity contribution in [3.8, 4) is 0 Å². The molecule has 1 saturated heterocycles. The quantitative estimate of drug-likeness (QED) is 0.889. The second-order valence-electron chi connectivity index (χ2n) is 5.97. The largest absolute Gasteiger partial charge is 0.479 e. The summed E-state index contributed by atoms with van der Waals surface area (Å²) in [5.41, 5.74) is 0.676. The van der Waals surface area contributed by atoms with Crippen molar-refractivity contribution >= 4 is 12.0 Å². The van der Waals surface area contributed by atoms with Crippen LogP contribution in [0.1, 0.15) is 31.9 Å². The summed E-state index contributed by atoms with van der Waals surface area (Å²) in [4.78, 5) is 25.2. The van der Waals surface area contributed by atoms with Gasteiger partial charge in [0.15, 0.2) is 6.04 Å². The molecule has 1 heterocycles. The van der Waals surface area contributed by atoms with E-state index in [0.717, 1.165) is 6.42 Å². The molecule has 0 radical (unpaired) electrons. The predicted molar refractivity (Wildman–Crippen MR) is 75.3 cm³/mol. The summed E-state index contributed by atoms with van der Waals surface area (Å²) in [6, 6.07) is 7.42. The monoisotopic (exact) mass is 276 g/mol. The van der Waals surface area contributed by atoms with Gasteiger partial charge >= 0.3 is 12.0 Å². The van der Waals surface area contributed by atoms with E-state index in [0.29, 0.717) is 18.7 Å². The van der Waals surface area contributed by atoms with E-state index in [1.807, 2.05) is 6.07 Å². The van der Waals surface area contributed by atoms with Crippen LogP contribution in [0.3, 0.4) is 0 Å². The van der Waals surface area contributed by atoms with E-state index in [9.17, 15) is 14.7 Å². The topological polar surface area (TPSA) is 69.6 Å². The normalized spacial score (nSPS) is 18.6. The van der Waals surface area contributed by atoms with Crippen molar-refractivity contribution in [3.05, 3.63) is 35.9 Å². The molecule has 1 aliphatic rings. The first kappa shape index (κ1) is 14.4. The van der Waals surface area contributed by atoms with Crippen molar-refractivity contribution < 1.29 is 14.7 Å². The van der Waals surface area contributed by atoms with E-state index in [2.05, 4.69) is 19.2 Å². The van der Waals surface area contributed by atoms with Crippen LogP contribution < -0.4 is 5.32 Å². The van der Waals surface area contributed by atoms with Gasteiger partial charge in [0.25, 0.3) is 0 Å². The molecular weight excluding hydrogens is 256 g/mol. The van der Waals surface area contributed by atoms with E-state index in [-0.39, 0.29) is 11.4 Å². The van der Waals surface area contributed by atoms with Crippen LogP contribution >= 0.6 is 0 Å². The standard InChI is InChI=1S/C15H20N2O3/c1-15(2)8-9-17(10-15)14(20)16-12(13(18)19)11-6-4-3-5-7-11/h3-7,12H,8-10H2,1-2H3,(H,16,20)(H,18,19). The minimum Gasteiger partial charge on any atom is -0.479 e. The lowest BCUT2D eigenvalue weighted by Gasteiger charge is -2.23. The third-order valence-electron chi connectivity index (χ3n) is 3.61. The summed E-state index contributed by atoms with van der Waals surface area (Å²) >= 11 is 0. The molecule has 0 saturated carbocycles. The van der Waals surface area contributed by atoms with Gasteiger partial charge < -0.3 is 15.3 Å². The number of benzene rings is 1. The number of carbonyl (C=O) groups excluding carboxylic acids is 1. The minimum atomic E-state index is -1.05. The number of carboxylic acids is 1. The van der Waals surface area contributed by atoms with E-state index in [1.54, 1.807) is 29.2 Å². The van der Waals surface area contributed by atoms with Gasteiger partial charge in [-0.1, -0.05) is 44.2 Å². The van der Waals surface area contributed by atoms with E-state index < -0.39 is 12.0 Å². The first-order valence-corrected chi connectivity index (χ1v) is 6.72.